The first-order valence-electron chi connectivity index (χ1n) is 12.0. The zero-order valence-corrected chi connectivity index (χ0v) is 20.4. The number of hydrogen-bond acceptors (Lipinski definition) is 6. The zero-order valence-electron chi connectivity index (χ0n) is 18.9. The van der Waals surface area contributed by atoms with Gasteiger partial charge in [-0.1, -0.05) is 34.4 Å². The number of ether oxygens (including phenoxy) is 2. The summed E-state index contributed by atoms with van der Waals surface area (Å²) in [7, 11) is 0. The second-order valence-corrected chi connectivity index (χ2v) is 10.9. The molecule has 0 unspecified atom stereocenters. The highest BCUT2D eigenvalue weighted by molar-refractivity contribution is 6.39. The summed E-state index contributed by atoms with van der Waals surface area (Å²) in [4.78, 5) is 8.34. The lowest BCUT2D eigenvalue weighted by atomic mass is 9.59. The number of fused-ring (bicyclic) bond motifs is 3. The average Bonchev–Trinajstić information content (AvgIpc) is 3.64. The molecule has 0 spiro atoms. The Labute approximate surface area is 209 Å². The molecule has 2 aromatic heterocycles. The molecular formula is C26H27Cl2N3O3. The quantitative estimate of drug-likeness (QED) is 0.332. The predicted octanol–water partition coefficient (Wildman–Crippen LogP) is 7.00. The molecule has 7 rings (SSSR count). The van der Waals surface area contributed by atoms with Gasteiger partial charge in [-0.3, -0.25) is 4.98 Å². The molecule has 2 heterocycles. The van der Waals surface area contributed by atoms with Crippen LogP contribution in [-0.4, -0.2) is 27.3 Å². The van der Waals surface area contributed by atoms with Gasteiger partial charge >= 0.3 is 0 Å². The number of halogens is 2. The van der Waals surface area contributed by atoms with Crippen LogP contribution in [0.15, 0.2) is 41.3 Å². The molecule has 4 aliphatic carbocycles. The van der Waals surface area contributed by atoms with Gasteiger partial charge in [0.15, 0.2) is 0 Å². The average molecular weight is 500 g/mol. The van der Waals surface area contributed by atoms with Crippen molar-refractivity contribution in [3.05, 3.63) is 58.2 Å². The molecule has 0 aliphatic heterocycles. The van der Waals surface area contributed by atoms with Crippen LogP contribution in [0.1, 0.15) is 68.6 Å². The minimum Gasteiger partial charge on any atom is -0.476 e. The highest BCUT2D eigenvalue weighted by Gasteiger charge is 2.50. The van der Waals surface area contributed by atoms with Crippen LogP contribution in [0.4, 0.5) is 0 Å². The van der Waals surface area contributed by atoms with E-state index in [-0.39, 0.29) is 11.0 Å². The maximum Gasteiger partial charge on any atom is 0.232 e. The summed E-state index contributed by atoms with van der Waals surface area (Å²) in [6, 6.07) is 5.51. The minimum absolute atomic E-state index is 0.103. The molecule has 4 fully saturated rings. The van der Waals surface area contributed by atoms with Gasteiger partial charge in [0.25, 0.3) is 0 Å². The van der Waals surface area contributed by atoms with Crippen LogP contribution >= 0.6 is 23.2 Å². The smallest absolute Gasteiger partial charge is 0.232 e. The molecule has 178 valence electrons. The fraction of sp³-hybridized carbons (Fsp3) is 0.500. The van der Waals surface area contributed by atoms with Crippen LogP contribution in [0.5, 0.6) is 5.88 Å². The second-order valence-electron chi connectivity index (χ2n) is 10.0. The second kappa shape index (κ2) is 8.81. The van der Waals surface area contributed by atoms with Crippen LogP contribution in [0.25, 0.3) is 11.3 Å². The molecule has 4 saturated carbocycles. The fourth-order valence-corrected chi connectivity index (χ4v) is 6.10. The Morgan fingerprint density at radius 2 is 1.74 bits per heavy atom. The number of nitrogens with zero attached hydrogens (tertiary/aromatic N) is 3. The number of hydrogen-bond donors (Lipinski definition) is 0. The Balaban J connectivity index is 1.17. The summed E-state index contributed by atoms with van der Waals surface area (Å²) in [6.07, 6.45) is 13.6. The summed E-state index contributed by atoms with van der Waals surface area (Å²) in [5.41, 5.74) is 2.54. The van der Waals surface area contributed by atoms with Crippen molar-refractivity contribution in [2.45, 2.75) is 69.5 Å². The van der Waals surface area contributed by atoms with Crippen LogP contribution in [0.2, 0.25) is 10.0 Å². The summed E-state index contributed by atoms with van der Waals surface area (Å²) in [5, 5.41) is 5.55. The van der Waals surface area contributed by atoms with E-state index < -0.39 is 0 Å². The summed E-state index contributed by atoms with van der Waals surface area (Å²) in [6.45, 7) is 1.16. The van der Waals surface area contributed by atoms with Crippen molar-refractivity contribution in [2.75, 3.05) is 6.61 Å². The minimum atomic E-state index is -0.103. The first-order chi connectivity index (χ1) is 16.6. The summed E-state index contributed by atoms with van der Waals surface area (Å²) >= 11 is 13.0. The number of benzene rings is 1. The third kappa shape index (κ3) is 4.21. The molecule has 34 heavy (non-hydrogen) atoms. The lowest BCUT2D eigenvalue weighted by molar-refractivity contribution is -0.150. The van der Waals surface area contributed by atoms with Crippen molar-refractivity contribution in [3.8, 4) is 17.1 Å². The molecule has 0 amide bonds. The van der Waals surface area contributed by atoms with E-state index in [4.69, 9.17) is 37.2 Å². The van der Waals surface area contributed by atoms with Gasteiger partial charge in [0, 0.05) is 34.9 Å². The maximum atomic E-state index is 6.72. The van der Waals surface area contributed by atoms with Crippen molar-refractivity contribution in [3.63, 3.8) is 0 Å². The first kappa shape index (κ1) is 22.3. The molecule has 0 saturated heterocycles. The molecular weight excluding hydrogens is 473 g/mol. The van der Waals surface area contributed by atoms with Gasteiger partial charge in [-0.15, -0.1) is 0 Å². The van der Waals surface area contributed by atoms with E-state index >= 15 is 0 Å². The monoisotopic (exact) mass is 499 g/mol. The number of aromatic nitrogens is 3. The Hall–Kier alpha value is -2.15. The van der Waals surface area contributed by atoms with E-state index in [1.54, 1.807) is 18.6 Å². The third-order valence-electron chi connectivity index (χ3n) is 7.89. The molecule has 1 aromatic carbocycles. The molecule has 0 radical (unpaired) electrons. The lowest BCUT2D eigenvalue weighted by Gasteiger charge is -2.52. The molecule has 3 aromatic rings. The van der Waals surface area contributed by atoms with Crippen molar-refractivity contribution < 1.29 is 14.0 Å². The summed E-state index contributed by atoms with van der Waals surface area (Å²) in [5.74, 6) is 1.95. The van der Waals surface area contributed by atoms with Crippen molar-refractivity contribution in [2.24, 2.45) is 5.41 Å². The van der Waals surface area contributed by atoms with Gasteiger partial charge < -0.3 is 14.0 Å². The van der Waals surface area contributed by atoms with E-state index in [9.17, 15) is 0 Å². The Kier molecular flexibility index (Phi) is 5.79. The fourth-order valence-electron chi connectivity index (χ4n) is 5.52. The normalized spacial score (nSPS) is 26.1. The standard InChI is InChI=1S/C26H27Cl2N3O3/c27-19-2-1-3-20(28)22(19)23-18(24(34-31-23)17-4-5-17)15-33-26-9-6-25(7-10-26,8-11-26)16-32-21-14-29-12-13-30-21/h1-3,12-14,17H,4-11,15-16H2. The zero-order chi connectivity index (χ0) is 23.2. The highest BCUT2D eigenvalue weighted by atomic mass is 35.5. The van der Waals surface area contributed by atoms with E-state index in [0.29, 0.717) is 40.8 Å². The van der Waals surface area contributed by atoms with Gasteiger partial charge in [0.1, 0.15) is 11.5 Å². The highest BCUT2D eigenvalue weighted by Crippen LogP contribution is 2.55. The maximum absolute atomic E-state index is 6.72. The van der Waals surface area contributed by atoms with Gasteiger partial charge in [-0.05, 0) is 63.5 Å². The molecule has 8 heteroatoms. The topological polar surface area (TPSA) is 70.3 Å². The van der Waals surface area contributed by atoms with Gasteiger partial charge in [-0.25, -0.2) is 4.98 Å². The Morgan fingerprint density at radius 1 is 1.00 bits per heavy atom. The largest absolute Gasteiger partial charge is 0.476 e. The Bertz CT molecular complexity index is 1130. The molecule has 2 bridgehead atoms. The third-order valence-corrected chi connectivity index (χ3v) is 8.52. The van der Waals surface area contributed by atoms with Crippen LogP contribution < -0.4 is 4.74 Å². The van der Waals surface area contributed by atoms with Crippen molar-refractivity contribution >= 4 is 23.2 Å². The first-order valence-corrected chi connectivity index (χ1v) is 12.8. The van der Waals surface area contributed by atoms with Crippen molar-refractivity contribution in [1.29, 1.82) is 0 Å². The molecule has 0 N–H and O–H groups in total. The van der Waals surface area contributed by atoms with E-state index in [1.807, 2.05) is 18.2 Å². The number of rotatable bonds is 8. The van der Waals surface area contributed by atoms with Gasteiger partial charge in [-0.2, -0.15) is 0 Å². The molecule has 0 atom stereocenters. The van der Waals surface area contributed by atoms with Crippen LogP contribution in [-0.2, 0) is 11.3 Å². The molecule has 6 nitrogen and oxygen atoms in total. The van der Waals surface area contributed by atoms with Gasteiger partial charge in [0.05, 0.1) is 35.1 Å². The van der Waals surface area contributed by atoms with E-state index in [0.717, 1.165) is 68.3 Å². The molecule has 4 aliphatic rings. The van der Waals surface area contributed by atoms with E-state index in [1.165, 1.54) is 0 Å². The van der Waals surface area contributed by atoms with Gasteiger partial charge in [0.2, 0.25) is 5.88 Å². The lowest BCUT2D eigenvalue weighted by Crippen LogP contribution is -2.49. The summed E-state index contributed by atoms with van der Waals surface area (Å²) < 4.78 is 18.5. The SMILES string of the molecule is Clc1cccc(Cl)c1-c1noc(C2CC2)c1COC12CCC(COc3cnccn3)(CC1)CC2. The van der Waals surface area contributed by atoms with E-state index in [2.05, 4.69) is 15.1 Å². The Morgan fingerprint density at radius 3 is 2.38 bits per heavy atom. The van der Waals surface area contributed by atoms with Crippen LogP contribution in [0.3, 0.4) is 0 Å². The van der Waals surface area contributed by atoms with Crippen molar-refractivity contribution in [1.82, 2.24) is 15.1 Å². The predicted molar refractivity (Wildman–Crippen MR) is 129 cm³/mol. The van der Waals surface area contributed by atoms with Crippen LogP contribution in [0, 0.1) is 5.41 Å².